The maximum absolute atomic E-state index is 13.1. The van der Waals surface area contributed by atoms with Gasteiger partial charge in [0.2, 0.25) is 0 Å². The van der Waals surface area contributed by atoms with Gasteiger partial charge in [-0.25, -0.2) is 9.13 Å². The Hall–Kier alpha value is -1.94. The second kappa shape index (κ2) is 69.4. The van der Waals surface area contributed by atoms with Gasteiger partial charge in [-0.1, -0.05) is 357 Å². The van der Waals surface area contributed by atoms with E-state index in [1.807, 2.05) is 0 Å². The van der Waals surface area contributed by atoms with Gasteiger partial charge in [-0.2, -0.15) is 0 Å². The van der Waals surface area contributed by atoms with Crippen molar-refractivity contribution in [2.45, 2.75) is 426 Å². The van der Waals surface area contributed by atoms with Gasteiger partial charge in [0.05, 0.1) is 26.4 Å². The van der Waals surface area contributed by atoms with Gasteiger partial charge < -0.3 is 33.8 Å². The molecule has 0 aliphatic carbocycles. The molecule has 0 aromatic carbocycles. The number of carbonyl (C=O) groups is 4. The standard InChI is InChI=1S/C79H154O17P2/c1-8-9-10-11-12-13-14-15-16-17-18-19-20-23-27-32-41-48-55-62-78(83)95-74(66-89-76(81)60-53-46-39-31-26-24-21-22-25-29-36-43-50-57-70(2)3)68-93-97(85,86)91-64-73(80)65-92-98(87,88)94-69-75(67-90-77(82)61-54-47-40-35-34-38-45-52-59-72(6)7)96-79(84)63-56-49-42-33-28-30-37-44-51-58-71(4)5/h70-75,80H,8-69H2,1-7H3,(H,85,86)(H,87,88)/t73-,74-,75-/m1/s1. The third-order valence-corrected chi connectivity index (χ3v) is 20.3. The molecule has 2 unspecified atom stereocenters. The van der Waals surface area contributed by atoms with Gasteiger partial charge in [0.1, 0.15) is 19.3 Å². The van der Waals surface area contributed by atoms with Crippen molar-refractivity contribution in [2.75, 3.05) is 39.6 Å². The van der Waals surface area contributed by atoms with E-state index in [1.165, 1.54) is 218 Å². The van der Waals surface area contributed by atoms with Crippen LogP contribution in [0.4, 0.5) is 0 Å². The highest BCUT2D eigenvalue weighted by Crippen LogP contribution is 2.45. The molecular formula is C79H154O17P2. The van der Waals surface area contributed by atoms with Crippen LogP contribution in [0, 0.1) is 17.8 Å². The number of esters is 4. The summed E-state index contributed by atoms with van der Waals surface area (Å²) in [5.74, 6) is 0.139. The molecule has 3 N–H and O–H groups in total. The Morgan fingerprint density at radius 3 is 0.694 bits per heavy atom. The number of aliphatic hydroxyl groups is 1. The van der Waals surface area contributed by atoms with Crippen LogP contribution < -0.4 is 0 Å². The largest absolute Gasteiger partial charge is 0.472 e. The number of hydrogen-bond donors (Lipinski definition) is 3. The summed E-state index contributed by atoms with van der Waals surface area (Å²) in [4.78, 5) is 72.9. The molecule has 0 aromatic heterocycles. The third kappa shape index (κ3) is 72.4. The predicted octanol–water partition coefficient (Wildman–Crippen LogP) is 23.4. The van der Waals surface area contributed by atoms with Crippen LogP contribution in [0.25, 0.3) is 0 Å². The van der Waals surface area contributed by atoms with Crippen LogP contribution in [0.5, 0.6) is 0 Å². The fourth-order valence-electron chi connectivity index (χ4n) is 12.1. The fraction of sp³-hybridized carbons (Fsp3) is 0.949. The Labute approximate surface area is 600 Å². The first-order valence-electron chi connectivity index (χ1n) is 40.8. The third-order valence-electron chi connectivity index (χ3n) is 18.4. The van der Waals surface area contributed by atoms with E-state index in [0.29, 0.717) is 25.7 Å². The molecule has 0 fully saturated rings. The molecule has 0 aliphatic rings. The molecule has 0 radical (unpaired) electrons. The average molecular weight is 1440 g/mol. The zero-order valence-corrected chi connectivity index (χ0v) is 66.0. The van der Waals surface area contributed by atoms with E-state index < -0.39 is 97.5 Å². The number of phosphoric ester groups is 2. The van der Waals surface area contributed by atoms with Crippen molar-refractivity contribution >= 4 is 39.5 Å². The molecule has 0 aliphatic heterocycles. The van der Waals surface area contributed by atoms with Crippen LogP contribution in [0.1, 0.15) is 408 Å². The van der Waals surface area contributed by atoms with E-state index in [2.05, 4.69) is 48.5 Å². The van der Waals surface area contributed by atoms with Gasteiger partial charge in [-0.05, 0) is 43.4 Å². The summed E-state index contributed by atoms with van der Waals surface area (Å²) in [6.45, 7) is 11.9. The van der Waals surface area contributed by atoms with Gasteiger partial charge in [0.25, 0.3) is 0 Å². The Balaban J connectivity index is 5.24. The minimum Gasteiger partial charge on any atom is -0.462 e. The molecule has 0 saturated heterocycles. The van der Waals surface area contributed by atoms with Crippen molar-refractivity contribution in [1.29, 1.82) is 0 Å². The molecule has 5 atom stereocenters. The van der Waals surface area contributed by atoms with Crippen LogP contribution in [0.2, 0.25) is 0 Å². The summed E-state index contributed by atoms with van der Waals surface area (Å²) in [6.07, 6.45) is 57.0. The Bertz CT molecular complexity index is 1900. The highest BCUT2D eigenvalue weighted by atomic mass is 31.2. The first-order chi connectivity index (χ1) is 47.2. The molecule has 17 nitrogen and oxygen atoms in total. The molecular weight excluding hydrogens is 1280 g/mol. The second-order valence-corrected chi connectivity index (χ2v) is 32.8. The minimum atomic E-state index is -4.96. The topological polar surface area (TPSA) is 237 Å². The Morgan fingerprint density at radius 2 is 0.469 bits per heavy atom. The molecule has 0 rings (SSSR count). The number of aliphatic hydroxyl groups excluding tert-OH is 1. The van der Waals surface area contributed by atoms with Gasteiger partial charge in [-0.3, -0.25) is 37.3 Å². The average Bonchev–Trinajstić information content (AvgIpc) is 1.29. The summed E-state index contributed by atoms with van der Waals surface area (Å²) in [7, 11) is -9.92. The summed E-state index contributed by atoms with van der Waals surface area (Å²) in [5, 5.41) is 10.6. The van der Waals surface area contributed by atoms with Crippen molar-refractivity contribution in [3.8, 4) is 0 Å². The van der Waals surface area contributed by atoms with E-state index in [9.17, 15) is 43.2 Å². The van der Waals surface area contributed by atoms with Crippen LogP contribution in [-0.2, 0) is 65.4 Å². The monoisotopic (exact) mass is 1440 g/mol. The van der Waals surface area contributed by atoms with Crippen molar-refractivity contribution < 1.29 is 80.2 Å². The van der Waals surface area contributed by atoms with Crippen molar-refractivity contribution in [3.05, 3.63) is 0 Å². The first kappa shape index (κ1) is 96.1. The van der Waals surface area contributed by atoms with Gasteiger partial charge in [0, 0.05) is 25.7 Å². The number of unbranched alkanes of at least 4 members (excludes halogenated alkanes) is 45. The van der Waals surface area contributed by atoms with Crippen molar-refractivity contribution in [1.82, 2.24) is 0 Å². The zero-order chi connectivity index (χ0) is 72.3. The molecule has 0 aromatic rings. The maximum atomic E-state index is 13.1. The SMILES string of the molecule is CCCCCCCCCCCCCCCCCCCCCC(=O)O[C@H](COC(=O)CCCCCCCCCCCCCCCC(C)C)COP(=O)(O)OC[C@@H](O)COP(=O)(O)OC[C@@H](COC(=O)CCCCCCCCCCC(C)C)OC(=O)CCCCCCCCCCCC(C)C. The molecule has 0 spiro atoms. The van der Waals surface area contributed by atoms with Crippen LogP contribution in [-0.4, -0.2) is 96.7 Å². The highest BCUT2D eigenvalue weighted by Gasteiger charge is 2.30. The molecule has 0 saturated carbocycles. The lowest BCUT2D eigenvalue weighted by Crippen LogP contribution is -2.30. The van der Waals surface area contributed by atoms with E-state index >= 15 is 0 Å². The number of carbonyl (C=O) groups excluding carboxylic acids is 4. The maximum Gasteiger partial charge on any atom is 0.472 e. The van der Waals surface area contributed by atoms with Crippen LogP contribution >= 0.6 is 15.6 Å². The zero-order valence-electron chi connectivity index (χ0n) is 64.3. The number of hydrogen-bond acceptors (Lipinski definition) is 15. The van der Waals surface area contributed by atoms with Crippen molar-refractivity contribution in [3.63, 3.8) is 0 Å². The lowest BCUT2D eigenvalue weighted by atomic mass is 10.0. The fourth-order valence-corrected chi connectivity index (χ4v) is 13.7. The predicted molar refractivity (Wildman–Crippen MR) is 400 cm³/mol. The smallest absolute Gasteiger partial charge is 0.462 e. The second-order valence-electron chi connectivity index (χ2n) is 29.9. The summed E-state index contributed by atoms with van der Waals surface area (Å²) >= 11 is 0. The van der Waals surface area contributed by atoms with Crippen molar-refractivity contribution in [2.24, 2.45) is 17.8 Å². The van der Waals surface area contributed by atoms with E-state index in [-0.39, 0.29) is 25.7 Å². The number of ether oxygens (including phenoxy) is 4. The highest BCUT2D eigenvalue weighted by molar-refractivity contribution is 7.47. The van der Waals surface area contributed by atoms with Gasteiger partial charge >= 0.3 is 39.5 Å². The van der Waals surface area contributed by atoms with E-state index in [0.717, 1.165) is 108 Å². The molecule has 19 heteroatoms. The summed E-state index contributed by atoms with van der Waals surface area (Å²) in [6, 6.07) is 0. The van der Waals surface area contributed by atoms with Gasteiger partial charge in [0.15, 0.2) is 12.2 Å². The molecule has 98 heavy (non-hydrogen) atoms. The molecule has 582 valence electrons. The minimum absolute atomic E-state index is 0.105. The summed E-state index contributed by atoms with van der Waals surface area (Å²) < 4.78 is 68.6. The first-order valence-corrected chi connectivity index (χ1v) is 43.8. The van der Waals surface area contributed by atoms with E-state index in [1.54, 1.807) is 0 Å². The normalized spacial score (nSPS) is 14.0. The Kier molecular flexibility index (Phi) is 68.1. The van der Waals surface area contributed by atoms with Gasteiger partial charge in [-0.15, -0.1) is 0 Å². The van der Waals surface area contributed by atoms with E-state index in [4.69, 9.17) is 37.0 Å². The molecule has 0 bridgehead atoms. The van der Waals surface area contributed by atoms with Crippen LogP contribution in [0.15, 0.2) is 0 Å². The molecule has 0 heterocycles. The summed E-state index contributed by atoms with van der Waals surface area (Å²) in [5.41, 5.74) is 0. The quantitative estimate of drug-likeness (QED) is 0.0222. The Morgan fingerprint density at radius 1 is 0.276 bits per heavy atom. The lowest BCUT2D eigenvalue weighted by Gasteiger charge is -2.21. The number of phosphoric acid groups is 2. The van der Waals surface area contributed by atoms with Crippen LogP contribution in [0.3, 0.4) is 0 Å². The number of rotatable bonds is 77. The lowest BCUT2D eigenvalue weighted by molar-refractivity contribution is -0.161. The molecule has 0 amide bonds.